The van der Waals surface area contributed by atoms with Crippen LogP contribution in [0.25, 0.3) is 0 Å². The Morgan fingerprint density at radius 2 is 1.93 bits per heavy atom. The fourth-order valence-corrected chi connectivity index (χ4v) is 1.09. The third-order valence-electron chi connectivity index (χ3n) is 1.78. The van der Waals surface area contributed by atoms with Gasteiger partial charge in [-0.15, -0.1) is 0 Å². The minimum absolute atomic E-state index is 0.448. The van der Waals surface area contributed by atoms with E-state index in [-0.39, 0.29) is 0 Å². The van der Waals surface area contributed by atoms with E-state index in [0.29, 0.717) is 0 Å². The molecule has 15 heavy (non-hydrogen) atoms. The topological polar surface area (TPSA) is 38.7 Å². The van der Waals surface area contributed by atoms with Gasteiger partial charge in [0.1, 0.15) is 5.60 Å². The average Bonchev–Trinajstić information content (AvgIpc) is 2.08. The zero-order chi connectivity index (χ0) is 11.7. The molecule has 0 aliphatic rings. The fourth-order valence-electron chi connectivity index (χ4n) is 1.09. The van der Waals surface area contributed by atoms with Gasteiger partial charge >= 0.3 is 6.09 Å². The van der Waals surface area contributed by atoms with Crippen molar-refractivity contribution in [3.05, 3.63) is 0 Å². The Kier molecular flexibility index (Phi) is 7.01. The summed E-state index contributed by atoms with van der Waals surface area (Å²) in [4.78, 5) is 14.8. The molecule has 88 valence electrons. The van der Waals surface area contributed by atoms with Gasteiger partial charge in [0.25, 0.3) is 0 Å². The average molecular weight is 213 g/mol. The molecule has 0 unspecified atom stereocenters. The maximum absolute atomic E-state index is 11.1. The molecule has 0 aliphatic carbocycles. The molecule has 3 nitrogen and oxygen atoms in total. The van der Waals surface area contributed by atoms with Gasteiger partial charge in [0, 0.05) is 6.21 Å². The van der Waals surface area contributed by atoms with Crippen LogP contribution in [0.4, 0.5) is 4.79 Å². The third kappa shape index (κ3) is 11.1. The van der Waals surface area contributed by atoms with Crippen molar-refractivity contribution in [3.8, 4) is 0 Å². The molecule has 0 radical (unpaired) electrons. The summed E-state index contributed by atoms with van der Waals surface area (Å²) >= 11 is 0. The van der Waals surface area contributed by atoms with E-state index in [9.17, 15) is 4.79 Å². The molecule has 0 aromatic carbocycles. The monoisotopic (exact) mass is 213 g/mol. The van der Waals surface area contributed by atoms with E-state index in [4.69, 9.17) is 4.74 Å². The van der Waals surface area contributed by atoms with E-state index >= 15 is 0 Å². The fraction of sp³-hybridized carbons (Fsp3) is 0.833. The Morgan fingerprint density at radius 3 is 2.47 bits per heavy atom. The standard InChI is InChI=1S/C12H23NO2/c1-5-6-7-8-9-10-13-11(14)15-12(2,3)4/h10H,5-9H2,1-4H3/b13-10+. The van der Waals surface area contributed by atoms with Crippen molar-refractivity contribution in [3.63, 3.8) is 0 Å². The highest BCUT2D eigenvalue weighted by atomic mass is 16.6. The Morgan fingerprint density at radius 1 is 1.27 bits per heavy atom. The van der Waals surface area contributed by atoms with Crippen LogP contribution in [0.5, 0.6) is 0 Å². The highest BCUT2D eigenvalue weighted by Crippen LogP contribution is 2.08. The van der Waals surface area contributed by atoms with Gasteiger partial charge in [-0.3, -0.25) is 0 Å². The van der Waals surface area contributed by atoms with Crippen molar-refractivity contribution < 1.29 is 9.53 Å². The summed E-state index contributed by atoms with van der Waals surface area (Å²) in [6.45, 7) is 7.68. The normalized spacial score (nSPS) is 12.0. The summed E-state index contributed by atoms with van der Waals surface area (Å²) in [5, 5.41) is 0. The minimum Gasteiger partial charge on any atom is -0.442 e. The zero-order valence-corrected chi connectivity index (χ0v) is 10.4. The van der Waals surface area contributed by atoms with Crippen molar-refractivity contribution in [2.75, 3.05) is 0 Å². The highest BCUT2D eigenvalue weighted by Gasteiger charge is 2.14. The van der Waals surface area contributed by atoms with Gasteiger partial charge in [0.05, 0.1) is 0 Å². The van der Waals surface area contributed by atoms with Crippen LogP contribution in [0.2, 0.25) is 0 Å². The van der Waals surface area contributed by atoms with Gasteiger partial charge in [-0.05, 0) is 33.6 Å². The lowest BCUT2D eigenvalue weighted by atomic mass is 10.2. The third-order valence-corrected chi connectivity index (χ3v) is 1.78. The lowest BCUT2D eigenvalue weighted by molar-refractivity contribution is 0.0605. The molecular weight excluding hydrogens is 190 g/mol. The van der Waals surface area contributed by atoms with Crippen LogP contribution in [-0.4, -0.2) is 17.9 Å². The zero-order valence-electron chi connectivity index (χ0n) is 10.4. The first-order valence-corrected chi connectivity index (χ1v) is 5.71. The molecule has 0 aromatic heterocycles. The smallest absolute Gasteiger partial charge is 0.433 e. The summed E-state index contributed by atoms with van der Waals surface area (Å²) in [5.74, 6) is 0. The van der Waals surface area contributed by atoms with Crippen molar-refractivity contribution in [2.24, 2.45) is 4.99 Å². The van der Waals surface area contributed by atoms with Crippen molar-refractivity contribution in [1.82, 2.24) is 0 Å². The molecule has 0 spiro atoms. The summed E-state index contributed by atoms with van der Waals surface area (Å²) in [6.07, 6.45) is 6.81. The van der Waals surface area contributed by atoms with Crippen molar-refractivity contribution in [2.45, 2.75) is 65.4 Å². The first kappa shape index (κ1) is 14.1. The number of nitrogens with zero attached hydrogens (tertiary/aromatic N) is 1. The molecule has 0 heterocycles. The summed E-state index contributed by atoms with van der Waals surface area (Å²) in [5.41, 5.74) is -0.448. The van der Waals surface area contributed by atoms with Crippen molar-refractivity contribution in [1.29, 1.82) is 0 Å². The second-order valence-corrected chi connectivity index (χ2v) is 4.64. The molecule has 1 amide bonds. The van der Waals surface area contributed by atoms with Gasteiger partial charge in [-0.1, -0.05) is 26.2 Å². The number of hydrogen-bond acceptors (Lipinski definition) is 2. The van der Waals surface area contributed by atoms with E-state index in [0.717, 1.165) is 12.8 Å². The minimum atomic E-state index is -0.488. The highest BCUT2D eigenvalue weighted by molar-refractivity contribution is 5.79. The number of aliphatic imine (C=N–C) groups is 1. The number of amides is 1. The number of hydrogen-bond donors (Lipinski definition) is 0. The lowest BCUT2D eigenvalue weighted by Gasteiger charge is -2.16. The molecule has 0 saturated carbocycles. The predicted octanol–water partition coefficient (Wildman–Crippen LogP) is 3.96. The maximum atomic E-state index is 11.1. The molecule has 0 aromatic rings. The van der Waals surface area contributed by atoms with E-state index in [2.05, 4.69) is 11.9 Å². The van der Waals surface area contributed by atoms with Gasteiger partial charge < -0.3 is 4.74 Å². The van der Waals surface area contributed by atoms with Gasteiger partial charge in [-0.2, -0.15) is 4.99 Å². The molecule has 3 heteroatoms. The summed E-state index contributed by atoms with van der Waals surface area (Å²) in [7, 11) is 0. The SMILES string of the molecule is CCCCCC/C=N/C(=O)OC(C)(C)C. The number of rotatable bonds is 5. The van der Waals surface area contributed by atoms with Crippen molar-refractivity contribution >= 4 is 12.3 Å². The first-order chi connectivity index (χ1) is 6.95. The predicted molar refractivity (Wildman–Crippen MR) is 63.5 cm³/mol. The van der Waals surface area contributed by atoms with Crippen LogP contribution < -0.4 is 0 Å². The Balaban J connectivity index is 3.55. The van der Waals surface area contributed by atoms with E-state index in [1.807, 2.05) is 20.8 Å². The molecule has 0 rings (SSSR count). The van der Waals surface area contributed by atoms with E-state index in [1.54, 1.807) is 6.21 Å². The van der Waals surface area contributed by atoms with Gasteiger partial charge in [0.15, 0.2) is 0 Å². The second kappa shape index (κ2) is 7.43. The molecule has 0 saturated heterocycles. The molecule has 0 atom stereocenters. The molecule has 0 aliphatic heterocycles. The molecule has 0 N–H and O–H groups in total. The molecule has 0 fully saturated rings. The summed E-state index contributed by atoms with van der Waals surface area (Å²) < 4.78 is 5.03. The van der Waals surface area contributed by atoms with Gasteiger partial charge in [0.2, 0.25) is 0 Å². The number of carbonyl (C=O) groups is 1. The number of unbranched alkanes of at least 4 members (excludes halogenated alkanes) is 4. The van der Waals surface area contributed by atoms with Crippen LogP contribution in [-0.2, 0) is 4.74 Å². The maximum Gasteiger partial charge on any atom is 0.433 e. The van der Waals surface area contributed by atoms with Crippen LogP contribution >= 0.6 is 0 Å². The second-order valence-electron chi connectivity index (χ2n) is 4.64. The van der Waals surface area contributed by atoms with E-state index < -0.39 is 11.7 Å². The quantitative estimate of drug-likeness (QED) is 0.512. The Bertz CT molecular complexity index is 204. The lowest BCUT2D eigenvalue weighted by Crippen LogP contribution is -2.21. The summed E-state index contributed by atoms with van der Waals surface area (Å²) in [6, 6.07) is 0. The van der Waals surface area contributed by atoms with Gasteiger partial charge in [-0.25, -0.2) is 4.79 Å². The van der Waals surface area contributed by atoms with Crippen LogP contribution in [0, 0.1) is 0 Å². The van der Waals surface area contributed by atoms with E-state index in [1.165, 1.54) is 19.3 Å². The van der Waals surface area contributed by atoms with Crippen LogP contribution in [0.15, 0.2) is 4.99 Å². The van der Waals surface area contributed by atoms with Crippen LogP contribution in [0.1, 0.15) is 59.8 Å². The first-order valence-electron chi connectivity index (χ1n) is 5.71. The number of carbonyl (C=O) groups excluding carboxylic acids is 1. The van der Waals surface area contributed by atoms with Crippen LogP contribution in [0.3, 0.4) is 0 Å². The molecule has 0 bridgehead atoms. The molecular formula is C12H23NO2. The Labute approximate surface area is 92.9 Å². The Hall–Kier alpha value is -0.860. The number of ether oxygens (including phenoxy) is 1. The largest absolute Gasteiger partial charge is 0.442 e.